The minimum Gasteiger partial charge on any atom is -0.312 e. The lowest BCUT2D eigenvalue weighted by Crippen LogP contribution is -2.19. The van der Waals surface area contributed by atoms with Crippen LogP contribution in [0.5, 0.6) is 0 Å². The molecule has 1 N–H and O–H groups in total. The van der Waals surface area contributed by atoms with Crippen LogP contribution in [0, 0.1) is 11.7 Å². The van der Waals surface area contributed by atoms with Crippen LogP contribution in [-0.2, 0) is 6.54 Å². The van der Waals surface area contributed by atoms with E-state index in [1.54, 1.807) is 17.8 Å². The maximum Gasteiger partial charge on any atom is 0.123 e. The Morgan fingerprint density at radius 3 is 2.71 bits per heavy atom. The second-order valence-electron chi connectivity index (χ2n) is 5.34. The quantitative estimate of drug-likeness (QED) is 0.766. The van der Waals surface area contributed by atoms with Crippen molar-refractivity contribution in [3.63, 3.8) is 0 Å². The van der Waals surface area contributed by atoms with Gasteiger partial charge < -0.3 is 5.32 Å². The van der Waals surface area contributed by atoms with Gasteiger partial charge in [0.15, 0.2) is 0 Å². The van der Waals surface area contributed by atoms with E-state index >= 15 is 0 Å². The van der Waals surface area contributed by atoms with Crippen molar-refractivity contribution < 1.29 is 4.39 Å². The molecular weight excluding hydrogens is 305 g/mol. The largest absolute Gasteiger partial charge is 0.312 e. The molecule has 0 heterocycles. The van der Waals surface area contributed by atoms with E-state index in [0.29, 0.717) is 17.5 Å². The molecule has 0 fully saturated rings. The molecule has 21 heavy (non-hydrogen) atoms. The Labute approximate surface area is 134 Å². The Balaban J connectivity index is 2.14. The Kier molecular flexibility index (Phi) is 6.09. The maximum absolute atomic E-state index is 13.5. The number of rotatable bonds is 6. The third-order valence-electron chi connectivity index (χ3n) is 2.91. The molecule has 0 aromatic heterocycles. The van der Waals surface area contributed by atoms with Crippen molar-refractivity contribution in [3.05, 3.63) is 58.9 Å². The molecule has 0 atom stereocenters. The van der Waals surface area contributed by atoms with E-state index in [0.717, 1.165) is 21.9 Å². The van der Waals surface area contributed by atoms with Crippen LogP contribution in [0.1, 0.15) is 19.4 Å². The van der Waals surface area contributed by atoms with Crippen molar-refractivity contribution >= 4 is 23.4 Å². The average molecular weight is 324 g/mol. The predicted octanol–water partition coefficient (Wildman–Crippen LogP) is 5.38. The van der Waals surface area contributed by atoms with E-state index in [1.165, 1.54) is 6.07 Å². The van der Waals surface area contributed by atoms with Gasteiger partial charge in [-0.25, -0.2) is 4.39 Å². The number of nitrogens with one attached hydrogen (secondary N) is 1. The fourth-order valence-electron chi connectivity index (χ4n) is 1.94. The molecule has 0 radical (unpaired) electrons. The first kappa shape index (κ1) is 16.3. The zero-order valence-corrected chi connectivity index (χ0v) is 13.8. The fourth-order valence-corrected chi connectivity index (χ4v) is 3.18. The molecule has 0 aliphatic heterocycles. The molecular formula is C17H19ClFNS. The van der Waals surface area contributed by atoms with Gasteiger partial charge in [0.2, 0.25) is 0 Å². The smallest absolute Gasteiger partial charge is 0.123 e. The molecule has 0 amide bonds. The number of hydrogen-bond acceptors (Lipinski definition) is 2. The van der Waals surface area contributed by atoms with Crippen LogP contribution >= 0.6 is 23.4 Å². The topological polar surface area (TPSA) is 12.0 Å². The summed E-state index contributed by atoms with van der Waals surface area (Å²) in [6.07, 6.45) is 0. The summed E-state index contributed by atoms with van der Waals surface area (Å²) in [4.78, 5) is 2.11. The Morgan fingerprint density at radius 2 is 2.00 bits per heavy atom. The SMILES string of the molecule is CC(C)CNCc1cc(F)ccc1Sc1cccc(Cl)c1. The average Bonchev–Trinajstić information content (AvgIpc) is 2.41. The van der Waals surface area contributed by atoms with Gasteiger partial charge >= 0.3 is 0 Å². The van der Waals surface area contributed by atoms with Gasteiger partial charge in [-0.1, -0.05) is 43.3 Å². The zero-order valence-electron chi connectivity index (χ0n) is 12.2. The first-order valence-corrected chi connectivity index (χ1v) is 8.16. The second-order valence-corrected chi connectivity index (χ2v) is 6.89. The minimum atomic E-state index is -0.202. The van der Waals surface area contributed by atoms with Gasteiger partial charge in [0.25, 0.3) is 0 Å². The fraction of sp³-hybridized carbons (Fsp3) is 0.294. The lowest BCUT2D eigenvalue weighted by molar-refractivity contribution is 0.547. The van der Waals surface area contributed by atoms with Crippen LogP contribution in [-0.4, -0.2) is 6.54 Å². The molecule has 2 aromatic rings. The van der Waals surface area contributed by atoms with Crippen LogP contribution in [0.15, 0.2) is 52.3 Å². The highest BCUT2D eigenvalue weighted by atomic mass is 35.5. The molecule has 0 saturated carbocycles. The summed E-state index contributed by atoms with van der Waals surface area (Å²) in [5, 5.41) is 4.07. The molecule has 0 aliphatic rings. The van der Waals surface area contributed by atoms with Crippen molar-refractivity contribution in [2.45, 2.75) is 30.2 Å². The summed E-state index contributed by atoms with van der Waals surface area (Å²) in [6, 6.07) is 12.6. The van der Waals surface area contributed by atoms with Crippen LogP contribution in [0.2, 0.25) is 5.02 Å². The van der Waals surface area contributed by atoms with Crippen molar-refractivity contribution in [2.75, 3.05) is 6.54 Å². The normalized spacial score (nSPS) is 11.1. The Morgan fingerprint density at radius 1 is 1.19 bits per heavy atom. The molecule has 4 heteroatoms. The van der Waals surface area contributed by atoms with Crippen molar-refractivity contribution in [1.29, 1.82) is 0 Å². The number of halogens is 2. The highest BCUT2D eigenvalue weighted by Gasteiger charge is 2.07. The third kappa shape index (κ3) is 5.34. The highest BCUT2D eigenvalue weighted by Crippen LogP contribution is 2.32. The first-order valence-electron chi connectivity index (χ1n) is 6.97. The van der Waals surface area contributed by atoms with Gasteiger partial charge in [-0.15, -0.1) is 0 Å². The summed E-state index contributed by atoms with van der Waals surface area (Å²) >= 11 is 7.61. The highest BCUT2D eigenvalue weighted by molar-refractivity contribution is 7.99. The summed E-state index contributed by atoms with van der Waals surface area (Å²) in [7, 11) is 0. The van der Waals surface area contributed by atoms with E-state index in [9.17, 15) is 4.39 Å². The molecule has 2 aromatic carbocycles. The van der Waals surface area contributed by atoms with E-state index in [1.807, 2.05) is 30.3 Å². The molecule has 0 saturated heterocycles. The molecule has 112 valence electrons. The van der Waals surface area contributed by atoms with Gasteiger partial charge in [-0.2, -0.15) is 0 Å². The summed E-state index contributed by atoms with van der Waals surface area (Å²) in [5.41, 5.74) is 0.973. The minimum absolute atomic E-state index is 0.202. The van der Waals surface area contributed by atoms with E-state index in [2.05, 4.69) is 19.2 Å². The molecule has 0 bridgehead atoms. The van der Waals surface area contributed by atoms with E-state index in [-0.39, 0.29) is 5.82 Å². The number of hydrogen-bond donors (Lipinski definition) is 1. The van der Waals surface area contributed by atoms with Crippen LogP contribution < -0.4 is 5.32 Å². The van der Waals surface area contributed by atoms with Crippen LogP contribution in [0.25, 0.3) is 0 Å². The van der Waals surface area contributed by atoms with Crippen molar-refractivity contribution in [3.8, 4) is 0 Å². The van der Waals surface area contributed by atoms with Gasteiger partial charge in [-0.3, -0.25) is 0 Å². The Bertz CT molecular complexity index is 601. The van der Waals surface area contributed by atoms with E-state index in [4.69, 9.17) is 11.6 Å². The summed E-state index contributed by atoms with van der Waals surface area (Å²) in [5.74, 6) is 0.370. The first-order chi connectivity index (χ1) is 10.0. The van der Waals surface area contributed by atoms with Crippen LogP contribution in [0.4, 0.5) is 4.39 Å². The van der Waals surface area contributed by atoms with Gasteiger partial charge in [0.05, 0.1) is 0 Å². The summed E-state index contributed by atoms with van der Waals surface area (Å²) in [6.45, 7) is 5.89. The standard InChI is InChI=1S/C17H19ClFNS/c1-12(2)10-20-11-13-8-15(19)6-7-17(13)21-16-5-3-4-14(18)9-16/h3-9,12,20H,10-11H2,1-2H3. The van der Waals surface area contributed by atoms with Crippen molar-refractivity contribution in [2.24, 2.45) is 5.92 Å². The molecule has 2 rings (SSSR count). The molecule has 0 unspecified atom stereocenters. The predicted molar refractivity (Wildman–Crippen MR) is 88.5 cm³/mol. The lowest BCUT2D eigenvalue weighted by atomic mass is 10.2. The van der Waals surface area contributed by atoms with E-state index < -0.39 is 0 Å². The lowest BCUT2D eigenvalue weighted by Gasteiger charge is -2.12. The van der Waals surface area contributed by atoms with Gasteiger partial charge in [0, 0.05) is 21.4 Å². The third-order valence-corrected chi connectivity index (χ3v) is 4.26. The van der Waals surface area contributed by atoms with Gasteiger partial charge in [-0.05, 0) is 54.4 Å². The van der Waals surface area contributed by atoms with Gasteiger partial charge in [0.1, 0.15) is 5.82 Å². The Hall–Kier alpha value is -1.03. The van der Waals surface area contributed by atoms with Crippen LogP contribution in [0.3, 0.4) is 0 Å². The summed E-state index contributed by atoms with van der Waals surface area (Å²) < 4.78 is 13.5. The zero-order chi connectivity index (χ0) is 15.2. The molecule has 0 spiro atoms. The molecule has 1 nitrogen and oxygen atoms in total. The van der Waals surface area contributed by atoms with Crippen molar-refractivity contribution in [1.82, 2.24) is 5.32 Å². The monoisotopic (exact) mass is 323 g/mol. The maximum atomic E-state index is 13.5. The number of benzene rings is 2. The molecule has 0 aliphatic carbocycles. The second kappa shape index (κ2) is 7.83.